The molecule has 0 aliphatic heterocycles. The maximum Gasteiger partial charge on any atom is 0.0414 e. The Balaban J connectivity index is -0.000000320. The third-order valence-corrected chi connectivity index (χ3v) is 1.73. The zero-order valence-corrected chi connectivity index (χ0v) is 10.4. The van der Waals surface area contributed by atoms with Gasteiger partial charge in [0, 0.05) is 12.6 Å². The highest BCUT2D eigenvalue weighted by Gasteiger charge is 1.89. The molecule has 0 saturated heterocycles. The smallest absolute Gasteiger partial charge is 0.0414 e. The van der Waals surface area contributed by atoms with Gasteiger partial charge in [0.15, 0.2) is 0 Å². The van der Waals surface area contributed by atoms with Crippen molar-refractivity contribution < 1.29 is 15.0 Å². The van der Waals surface area contributed by atoms with Gasteiger partial charge in [0.1, 0.15) is 0 Å². The number of aliphatic carboxylic acids is 1. The van der Waals surface area contributed by atoms with Gasteiger partial charge in [0.05, 0.1) is 0 Å². The van der Waals surface area contributed by atoms with Crippen LogP contribution in [-0.4, -0.2) is 17.7 Å². The number of aliphatic hydroxyl groups excluding tert-OH is 1. The molecule has 0 radical (unpaired) electrons. The van der Waals surface area contributed by atoms with E-state index >= 15 is 0 Å². The number of rotatable bonds is 7. The molecule has 0 atom stereocenters. The van der Waals surface area contributed by atoms with Crippen LogP contribution in [0.4, 0.5) is 0 Å². The lowest BCUT2D eigenvalue weighted by Crippen LogP contribution is -2.21. The average Bonchev–Trinajstić information content (AvgIpc) is 2.12. The molecule has 0 aliphatic rings. The molecule has 0 aromatic carbocycles. The van der Waals surface area contributed by atoms with Gasteiger partial charge >= 0.3 is 0 Å². The second kappa shape index (κ2) is 19.0. The Morgan fingerprint density at radius 2 is 1.47 bits per heavy atom. The van der Waals surface area contributed by atoms with Crippen LogP contribution in [0.15, 0.2) is 0 Å². The van der Waals surface area contributed by atoms with Crippen molar-refractivity contribution in [3.8, 4) is 0 Å². The average molecular weight is 221 g/mol. The second-order valence-electron chi connectivity index (χ2n) is 3.21. The van der Waals surface area contributed by atoms with Crippen molar-refractivity contribution in [3.05, 3.63) is 0 Å². The van der Waals surface area contributed by atoms with E-state index in [2.05, 4.69) is 6.92 Å². The number of carboxylic acids is 1. The van der Waals surface area contributed by atoms with E-state index in [1.165, 1.54) is 25.7 Å². The molecule has 0 unspecified atom stereocenters. The van der Waals surface area contributed by atoms with Crippen LogP contribution in [0.3, 0.4) is 0 Å². The first-order valence-corrected chi connectivity index (χ1v) is 5.49. The van der Waals surface area contributed by atoms with Gasteiger partial charge in [0.25, 0.3) is 0 Å². The monoisotopic (exact) mass is 221 g/mol. The topological polar surface area (TPSA) is 96.9 Å². The molecule has 94 valence electrons. The number of carbonyl (C=O) groups is 1. The summed E-state index contributed by atoms with van der Waals surface area (Å²) in [7, 11) is 0. The zero-order valence-electron chi connectivity index (χ0n) is 10.4. The Kier molecular flexibility index (Phi) is 25.2. The number of carbonyl (C=O) groups excluding carboxylic acids is 1. The maximum absolute atomic E-state index is 9.98. The minimum Gasteiger partial charge on any atom is -0.550 e. The highest BCUT2D eigenvalue weighted by atomic mass is 16.4. The minimum atomic E-state index is -0.916. The largest absolute Gasteiger partial charge is 0.550 e. The molecular weight excluding hydrogens is 194 g/mol. The van der Waals surface area contributed by atoms with Crippen LogP contribution in [0.25, 0.3) is 0 Å². The number of hydrogen-bond acceptors (Lipinski definition) is 3. The Hall–Kier alpha value is -0.610. The highest BCUT2D eigenvalue weighted by molar-refractivity contribution is 5.63. The molecule has 0 fully saturated rings. The van der Waals surface area contributed by atoms with E-state index in [4.69, 9.17) is 5.11 Å². The van der Waals surface area contributed by atoms with Gasteiger partial charge in [-0.05, 0) is 19.8 Å². The molecule has 4 nitrogen and oxygen atoms in total. The predicted octanol–water partition coefficient (Wildman–Crippen LogP) is 1.86. The standard InChI is InChI=1S/C9H18O2.C2H6O.H3N/c1-2-3-4-5-6-7-8-9(10)11;1-2-3;/h2-8H2,1H3,(H,10,11);3H,2H2,1H3;1H3. The van der Waals surface area contributed by atoms with Crippen LogP contribution in [-0.2, 0) is 4.79 Å². The van der Waals surface area contributed by atoms with Crippen molar-refractivity contribution >= 4 is 5.97 Å². The molecule has 0 bridgehead atoms. The first-order valence-electron chi connectivity index (χ1n) is 5.49. The number of carboxylic acid groups (broad SMARTS) is 1. The summed E-state index contributed by atoms with van der Waals surface area (Å²) in [5.41, 5.74) is 0. The lowest BCUT2D eigenvalue weighted by Gasteiger charge is -2.00. The summed E-state index contributed by atoms with van der Waals surface area (Å²) in [5, 5.41) is 17.5. The van der Waals surface area contributed by atoms with E-state index in [-0.39, 0.29) is 19.2 Å². The zero-order chi connectivity index (χ0) is 11.2. The molecule has 0 aromatic heterocycles. The summed E-state index contributed by atoms with van der Waals surface area (Å²) >= 11 is 0. The molecule has 5 N–H and O–H groups in total. The van der Waals surface area contributed by atoms with Crippen molar-refractivity contribution in [3.63, 3.8) is 0 Å². The molecule has 0 spiro atoms. The second-order valence-corrected chi connectivity index (χ2v) is 3.21. The summed E-state index contributed by atoms with van der Waals surface area (Å²) in [6.07, 6.45) is 6.96. The fourth-order valence-corrected chi connectivity index (χ4v) is 1.05. The van der Waals surface area contributed by atoms with Gasteiger partial charge in [-0.2, -0.15) is 0 Å². The van der Waals surface area contributed by atoms with E-state index in [0.717, 1.165) is 12.8 Å². The fourth-order valence-electron chi connectivity index (χ4n) is 1.05. The Morgan fingerprint density at radius 3 is 1.87 bits per heavy atom. The third-order valence-electron chi connectivity index (χ3n) is 1.73. The van der Waals surface area contributed by atoms with Gasteiger partial charge in [-0.3, -0.25) is 0 Å². The molecule has 0 aliphatic carbocycles. The van der Waals surface area contributed by atoms with Gasteiger partial charge in [-0.1, -0.05) is 39.0 Å². The van der Waals surface area contributed by atoms with E-state index in [0.29, 0.717) is 0 Å². The normalized spacial score (nSPS) is 8.47. The van der Waals surface area contributed by atoms with E-state index in [9.17, 15) is 9.90 Å². The van der Waals surface area contributed by atoms with Crippen LogP contribution in [0.5, 0.6) is 0 Å². The van der Waals surface area contributed by atoms with Crippen LogP contribution >= 0.6 is 0 Å². The first kappa shape index (κ1) is 19.9. The summed E-state index contributed by atoms with van der Waals surface area (Å²) in [6.45, 7) is 4.10. The molecule has 0 heterocycles. The first-order chi connectivity index (χ1) is 6.68. The molecule has 0 aromatic rings. The van der Waals surface area contributed by atoms with E-state index in [1.807, 2.05) is 0 Å². The van der Waals surface area contributed by atoms with Crippen molar-refractivity contribution in [2.75, 3.05) is 6.61 Å². The van der Waals surface area contributed by atoms with E-state index < -0.39 is 5.97 Å². The lowest BCUT2D eigenvalue weighted by molar-refractivity contribution is -0.305. The predicted molar refractivity (Wildman–Crippen MR) is 61.7 cm³/mol. The number of aliphatic hydroxyl groups is 1. The van der Waals surface area contributed by atoms with Crippen LogP contribution in [0.1, 0.15) is 58.8 Å². The molecule has 0 rings (SSSR count). The minimum absolute atomic E-state index is 0. The molecular formula is C11H27NO3. The summed E-state index contributed by atoms with van der Waals surface area (Å²) in [6, 6.07) is 0. The molecule has 0 amide bonds. The lowest BCUT2D eigenvalue weighted by atomic mass is 10.1. The van der Waals surface area contributed by atoms with Crippen LogP contribution < -0.4 is 11.3 Å². The van der Waals surface area contributed by atoms with Crippen molar-refractivity contribution in [2.24, 2.45) is 0 Å². The van der Waals surface area contributed by atoms with Crippen molar-refractivity contribution in [2.45, 2.75) is 58.8 Å². The highest BCUT2D eigenvalue weighted by Crippen LogP contribution is 2.05. The van der Waals surface area contributed by atoms with Crippen LogP contribution in [0, 0.1) is 0 Å². The molecule has 15 heavy (non-hydrogen) atoms. The van der Waals surface area contributed by atoms with Crippen LogP contribution in [0.2, 0.25) is 0 Å². The van der Waals surface area contributed by atoms with Crippen molar-refractivity contribution in [1.82, 2.24) is 6.15 Å². The SMILES string of the molecule is CCCCCCCCC(=O)[O-].CCO.[NH4+]. The molecule has 4 heteroatoms. The summed E-state index contributed by atoms with van der Waals surface area (Å²) in [5.74, 6) is -0.916. The maximum atomic E-state index is 9.98. The molecule has 0 saturated carbocycles. The Labute approximate surface area is 93.3 Å². The van der Waals surface area contributed by atoms with Crippen molar-refractivity contribution in [1.29, 1.82) is 0 Å². The van der Waals surface area contributed by atoms with Gasteiger partial charge in [-0.25, -0.2) is 0 Å². The fraction of sp³-hybridized carbons (Fsp3) is 0.909. The number of quaternary nitrogens is 1. The summed E-state index contributed by atoms with van der Waals surface area (Å²) in [4.78, 5) is 9.98. The van der Waals surface area contributed by atoms with Gasteiger partial charge in [-0.15, -0.1) is 0 Å². The number of unbranched alkanes of at least 4 members (excludes halogenated alkanes) is 5. The third kappa shape index (κ3) is 31.8. The quantitative estimate of drug-likeness (QED) is 0.642. The summed E-state index contributed by atoms with van der Waals surface area (Å²) < 4.78 is 0. The van der Waals surface area contributed by atoms with Gasteiger partial charge < -0.3 is 21.2 Å². The Bertz CT molecular complexity index is 118. The Morgan fingerprint density at radius 1 is 1.07 bits per heavy atom. The number of hydrogen-bond donors (Lipinski definition) is 2. The van der Waals surface area contributed by atoms with Gasteiger partial charge in [0.2, 0.25) is 0 Å². The van der Waals surface area contributed by atoms with E-state index in [1.54, 1.807) is 6.92 Å².